The highest BCUT2D eigenvalue weighted by Crippen LogP contribution is 2.23. The summed E-state index contributed by atoms with van der Waals surface area (Å²) in [6.07, 6.45) is 5.10. The number of imide groups is 1. The Hall–Kier alpha value is -4.20. The molecule has 0 aliphatic carbocycles. The molecule has 0 unspecified atom stereocenters. The van der Waals surface area contributed by atoms with E-state index in [0.717, 1.165) is 33.1 Å². The summed E-state index contributed by atoms with van der Waals surface area (Å²) in [4.78, 5) is 42.6. The van der Waals surface area contributed by atoms with Gasteiger partial charge in [0.15, 0.2) is 0 Å². The van der Waals surface area contributed by atoms with Crippen LogP contribution in [0.1, 0.15) is 22.5 Å². The molecule has 8 heteroatoms. The summed E-state index contributed by atoms with van der Waals surface area (Å²) in [5.41, 5.74) is 5.30. The number of aryl methyl sites for hydroxylation is 2. The number of rotatable bonds is 5. The van der Waals surface area contributed by atoms with E-state index in [2.05, 4.69) is 15.6 Å². The highest BCUT2D eigenvalue weighted by atomic mass is 16.2. The lowest BCUT2D eigenvalue weighted by Gasteiger charge is -2.12. The van der Waals surface area contributed by atoms with Crippen LogP contribution in [0.5, 0.6) is 0 Å². The molecule has 0 saturated carbocycles. The molecule has 0 atom stereocenters. The van der Waals surface area contributed by atoms with Gasteiger partial charge in [0.25, 0.3) is 5.91 Å². The van der Waals surface area contributed by atoms with Crippen LogP contribution in [0.2, 0.25) is 0 Å². The largest absolute Gasteiger partial charge is 0.329 e. The van der Waals surface area contributed by atoms with Crippen molar-refractivity contribution in [3.63, 3.8) is 0 Å². The smallest absolute Gasteiger partial charge is 0.325 e. The van der Waals surface area contributed by atoms with Crippen LogP contribution in [0.4, 0.5) is 10.5 Å². The minimum Gasteiger partial charge on any atom is -0.325 e. The first-order chi connectivity index (χ1) is 15.3. The fourth-order valence-corrected chi connectivity index (χ4v) is 3.75. The average Bonchev–Trinajstić information content (AvgIpc) is 3.18. The summed E-state index contributed by atoms with van der Waals surface area (Å²) in [6.45, 7) is 5.43. The molecule has 3 heterocycles. The van der Waals surface area contributed by atoms with Gasteiger partial charge in [0.2, 0.25) is 5.91 Å². The maximum atomic E-state index is 12.8. The summed E-state index contributed by atoms with van der Waals surface area (Å²) < 4.78 is 2.02. The standard InChI is InChI=1S/C24H23N5O3/c1-15-6-4-7-19(10-15)26-22(30)14-28-23(31)21(27-24(28)32)12-18-11-16(2)29(17(18)3)20-8-5-9-25-13-20/h4-13H,14H2,1-3H3,(H,26,30)(H,27,32)/b21-12-. The molecule has 8 nitrogen and oxygen atoms in total. The van der Waals surface area contributed by atoms with Crippen molar-refractivity contribution < 1.29 is 14.4 Å². The van der Waals surface area contributed by atoms with Crippen molar-refractivity contribution in [3.05, 3.63) is 83.1 Å². The van der Waals surface area contributed by atoms with Gasteiger partial charge in [0.05, 0.1) is 11.9 Å². The van der Waals surface area contributed by atoms with Gasteiger partial charge in [-0.3, -0.25) is 14.6 Å². The predicted octanol–water partition coefficient (Wildman–Crippen LogP) is 3.33. The number of carbonyl (C=O) groups excluding carboxylic acids is 3. The second kappa shape index (κ2) is 8.50. The zero-order valence-electron chi connectivity index (χ0n) is 18.0. The third kappa shape index (κ3) is 4.15. The molecule has 1 fully saturated rings. The van der Waals surface area contributed by atoms with Gasteiger partial charge in [0.1, 0.15) is 12.2 Å². The molecule has 0 bridgehead atoms. The highest BCUT2D eigenvalue weighted by molar-refractivity contribution is 6.16. The second-order valence-corrected chi connectivity index (χ2v) is 7.67. The number of amides is 4. The average molecular weight is 429 g/mol. The van der Waals surface area contributed by atoms with Crippen molar-refractivity contribution in [2.45, 2.75) is 20.8 Å². The SMILES string of the molecule is Cc1cccc(NC(=O)CN2C(=O)N/C(=C\c3cc(C)n(-c4cccnc4)c3C)C2=O)c1. The summed E-state index contributed by atoms with van der Waals surface area (Å²) in [6, 6.07) is 12.4. The van der Waals surface area contributed by atoms with Crippen molar-refractivity contribution in [2.24, 2.45) is 0 Å². The zero-order valence-corrected chi connectivity index (χ0v) is 18.0. The number of urea groups is 1. The Morgan fingerprint density at radius 2 is 1.94 bits per heavy atom. The molecule has 4 amide bonds. The first kappa shape index (κ1) is 21.0. The van der Waals surface area contributed by atoms with Gasteiger partial charge in [0, 0.05) is 23.3 Å². The van der Waals surface area contributed by atoms with E-state index in [4.69, 9.17) is 0 Å². The molecule has 3 aromatic rings. The number of aromatic nitrogens is 2. The molecule has 32 heavy (non-hydrogen) atoms. The van der Waals surface area contributed by atoms with Gasteiger partial charge in [-0.1, -0.05) is 12.1 Å². The van der Waals surface area contributed by atoms with Crippen molar-refractivity contribution in [2.75, 3.05) is 11.9 Å². The number of anilines is 1. The highest BCUT2D eigenvalue weighted by Gasteiger charge is 2.35. The van der Waals surface area contributed by atoms with Gasteiger partial charge in [-0.05, 0) is 68.3 Å². The fourth-order valence-electron chi connectivity index (χ4n) is 3.75. The van der Waals surface area contributed by atoms with Gasteiger partial charge in [-0.15, -0.1) is 0 Å². The number of carbonyl (C=O) groups is 3. The lowest BCUT2D eigenvalue weighted by atomic mass is 10.2. The van der Waals surface area contributed by atoms with Gasteiger partial charge in [-0.2, -0.15) is 0 Å². The van der Waals surface area contributed by atoms with Crippen LogP contribution in [0.15, 0.2) is 60.6 Å². The molecular weight excluding hydrogens is 406 g/mol. The number of nitrogens with one attached hydrogen (secondary N) is 2. The molecule has 0 radical (unpaired) electrons. The molecular formula is C24H23N5O3. The summed E-state index contributed by atoms with van der Waals surface area (Å²) >= 11 is 0. The molecule has 4 rings (SSSR count). The van der Waals surface area contributed by atoms with E-state index in [0.29, 0.717) is 5.69 Å². The second-order valence-electron chi connectivity index (χ2n) is 7.67. The molecule has 1 aromatic carbocycles. The van der Waals surface area contributed by atoms with Crippen LogP contribution < -0.4 is 10.6 Å². The number of nitrogens with zero attached hydrogens (tertiary/aromatic N) is 3. The summed E-state index contributed by atoms with van der Waals surface area (Å²) in [7, 11) is 0. The Kier molecular flexibility index (Phi) is 5.59. The van der Waals surface area contributed by atoms with Crippen molar-refractivity contribution >= 4 is 29.6 Å². The Balaban J connectivity index is 1.52. The van der Waals surface area contributed by atoms with Gasteiger partial charge >= 0.3 is 6.03 Å². The Labute approximate surface area is 185 Å². The van der Waals surface area contributed by atoms with E-state index in [-0.39, 0.29) is 12.2 Å². The quantitative estimate of drug-likeness (QED) is 0.480. The van der Waals surface area contributed by atoms with E-state index < -0.39 is 17.8 Å². The maximum Gasteiger partial charge on any atom is 0.329 e. The molecule has 2 aromatic heterocycles. The molecule has 2 N–H and O–H groups in total. The lowest BCUT2D eigenvalue weighted by molar-refractivity contribution is -0.127. The van der Waals surface area contributed by atoms with Crippen LogP contribution in [0.3, 0.4) is 0 Å². The zero-order chi connectivity index (χ0) is 22.8. The van der Waals surface area contributed by atoms with Crippen LogP contribution in [-0.2, 0) is 9.59 Å². The normalized spacial score (nSPS) is 14.7. The van der Waals surface area contributed by atoms with E-state index in [1.807, 2.05) is 61.7 Å². The third-order valence-electron chi connectivity index (χ3n) is 5.24. The lowest BCUT2D eigenvalue weighted by Crippen LogP contribution is -2.38. The van der Waals surface area contributed by atoms with Crippen molar-refractivity contribution in [1.29, 1.82) is 0 Å². The Bertz CT molecular complexity index is 1240. The molecule has 162 valence electrons. The van der Waals surface area contributed by atoms with Gasteiger partial charge < -0.3 is 15.2 Å². The topological polar surface area (TPSA) is 96.3 Å². The van der Waals surface area contributed by atoms with E-state index in [1.54, 1.807) is 24.5 Å². The van der Waals surface area contributed by atoms with Crippen LogP contribution >= 0.6 is 0 Å². The minimum atomic E-state index is -0.623. The van der Waals surface area contributed by atoms with E-state index >= 15 is 0 Å². The fraction of sp³-hybridized carbons (Fsp3) is 0.167. The van der Waals surface area contributed by atoms with Crippen LogP contribution in [-0.4, -0.2) is 38.8 Å². The number of hydrogen-bond acceptors (Lipinski definition) is 4. The number of hydrogen-bond donors (Lipinski definition) is 2. The summed E-state index contributed by atoms with van der Waals surface area (Å²) in [5.74, 6) is -0.990. The Morgan fingerprint density at radius 3 is 2.66 bits per heavy atom. The summed E-state index contributed by atoms with van der Waals surface area (Å²) in [5, 5.41) is 5.29. The van der Waals surface area contributed by atoms with E-state index in [9.17, 15) is 14.4 Å². The number of benzene rings is 1. The molecule has 0 spiro atoms. The first-order valence-electron chi connectivity index (χ1n) is 10.1. The molecule has 1 aliphatic rings. The first-order valence-corrected chi connectivity index (χ1v) is 10.1. The number of pyridine rings is 1. The monoisotopic (exact) mass is 429 g/mol. The maximum absolute atomic E-state index is 12.8. The molecule has 1 saturated heterocycles. The van der Waals surface area contributed by atoms with Crippen LogP contribution in [0.25, 0.3) is 11.8 Å². The van der Waals surface area contributed by atoms with Crippen LogP contribution in [0, 0.1) is 20.8 Å². The third-order valence-corrected chi connectivity index (χ3v) is 5.24. The predicted molar refractivity (Wildman–Crippen MR) is 121 cm³/mol. The van der Waals surface area contributed by atoms with E-state index in [1.165, 1.54) is 0 Å². The molecule has 1 aliphatic heterocycles. The van der Waals surface area contributed by atoms with Crippen molar-refractivity contribution in [1.82, 2.24) is 19.8 Å². The van der Waals surface area contributed by atoms with Crippen molar-refractivity contribution in [3.8, 4) is 5.69 Å². The minimum absolute atomic E-state index is 0.129. The van der Waals surface area contributed by atoms with Gasteiger partial charge in [-0.25, -0.2) is 9.69 Å². The Morgan fingerprint density at radius 1 is 1.12 bits per heavy atom.